The van der Waals surface area contributed by atoms with E-state index in [-0.39, 0.29) is 12.2 Å². The third-order valence-corrected chi connectivity index (χ3v) is 4.80. The third-order valence-electron chi connectivity index (χ3n) is 3.04. The Kier molecular flexibility index (Phi) is 7.95. The molecular weight excluding hydrogens is 416 g/mol. The Labute approximate surface area is 150 Å². The predicted octanol–water partition coefficient (Wildman–Crippen LogP) is 0.432. The largest absolute Gasteiger partial charge is 0.487 e. The fraction of sp³-hybridized carbons (Fsp3) is 0.400. The Hall–Kier alpha value is -1.96. The number of nitrogens with zero attached hydrogens (tertiary/aromatic N) is 2. The van der Waals surface area contributed by atoms with E-state index >= 15 is 0 Å². The molecule has 27 heavy (non-hydrogen) atoms. The smallest absolute Gasteiger partial charge is 0.486 e. The second-order valence-electron chi connectivity index (χ2n) is 4.98. The molecule has 1 aromatic rings. The van der Waals surface area contributed by atoms with Gasteiger partial charge < -0.3 is 24.3 Å². The van der Waals surface area contributed by atoms with Gasteiger partial charge in [-0.15, -0.1) is 0 Å². The maximum Gasteiger partial charge on any atom is 0.486 e. The summed E-state index contributed by atoms with van der Waals surface area (Å²) in [5, 5.41) is 21.6. The summed E-state index contributed by atoms with van der Waals surface area (Å²) < 4.78 is 30.9. The number of hydrogen-bond acceptors (Lipinski definition) is 9. The zero-order chi connectivity index (χ0) is 20.8. The van der Waals surface area contributed by atoms with Crippen LogP contribution in [0.2, 0.25) is 0 Å². The first-order valence-corrected chi connectivity index (χ1v) is 10.1. The van der Waals surface area contributed by atoms with E-state index in [9.17, 15) is 39.1 Å². The van der Waals surface area contributed by atoms with Gasteiger partial charge in [-0.2, -0.15) is 10.1 Å². The number of hydroxylamine groups is 1. The number of nitro groups is 2. The molecule has 1 unspecified atom stereocenters. The average molecular weight is 431 g/mol. The van der Waals surface area contributed by atoms with Crippen molar-refractivity contribution in [2.24, 2.45) is 0 Å². The number of phosphoric acid groups is 1. The summed E-state index contributed by atoms with van der Waals surface area (Å²) in [5.74, 6) is -0.352. The molecule has 5 N–H and O–H groups in total. The highest BCUT2D eigenvalue weighted by Gasteiger charge is 2.30. The predicted molar refractivity (Wildman–Crippen MR) is 86.8 cm³/mol. The Morgan fingerprint density at radius 1 is 1.11 bits per heavy atom. The summed E-state index contributed by atoms with van der Waals surface area (Å²) in [5.41, 5.74) is -0.998. The standard InChI is InChI=1S/C10H15N3O12P2/c14-12(15)7-1-2-10(9(5-7)13(16)17)24-4-3-8(26(18,19)20)6-11-25-27(21,22)23/h1-2,5,8,11H,3-4,6H2,(H2,18,19,20)(H2,21,22,23). The van der Waals surface area contributed by atoms with Crippen molar-refractivity contribution in [3.05, 3.63) is 38.4 Å². The normalized spacial score (nSPS) is 13.2. The van der Waals surface area contributed by atoms with Crippen LogP contribution in [0.1, 0.15) is 6.42 Å². The van der Waals surface area contributed by atoms with E-state index in [4.69, 9.17) is 14.5 Å². The van der Waals surface area contributed by atoms with Gasteiger partial charge >= 0.3 is 21.1 Å². The van der Waals surface area contributed by atoms with Crippen molar-refractivity contribution in [3.63, 3.8) is 0 Å². The van der Waals surface area contributed by atoms with Crippen molar-refractivity contribution < 1.29 is 47.9 Å². The minimum absolute atomic E-state index is 0.352. The second-order valence-corrected chi connectivity index (χ2v) is 8.05. The minimum atomic E-state index is -4.90. The minimum Gasteiger partial charge on any atom is -0.487 e. The quantitative estimate of drug-likeness (QED) is 0.182. The molecule has 0 aliphatic carbocycles. The molecule has 152 valence electrons. The van der Waals surface area contributed by atoms with Crippen LogP contribution < -0.4 is 10.2 Å². The summed E-state index contributed by atoms with van der Waals surface area (Å²) in [6, 6.07) is 2.60. The number of ether oxygens (including phenoxy) is 1. The number of benzene rings is 1. The van der Waals surface area contributed by atoms with E-state index in [1.807, 2.05) is 0 Å². The molecule has 0 aliphatic heterocycles. The van der Waals surface area contributed by atoms with Gasteiger partial charge in [-0.3, -0.25) is 24.8 Å². The number of hydrogen-bond donors (Lipinski definition) is 5. The molecular formula is C10H15N3O12P2. The maximum absolute atomic E-state index is 11.4. The number of non-ortho nitro benzene ring substituents is 1. The van der Waals surface area contributed by atoms with Crippen LogP contribution in [-0.4, -0.2) is 48.2 Å². The highest BCUT2D eigenvalue weighted by molar-refractivity contribution is 7.52. The van der Waals surface area contributed by atoms with Crippen molar-refractivity contribution >= 4 is 26.8 Å². The lowest BCUT2D eigenvalue weighted by molar-refractivity contribution is -0.394. The SMILES string of the molecule is O=[N+]([O-])c1ccc(OCCC(CNOP(=O)(O)O)P(=O)(O)O)c([N+](=O)[O-])c1. The van der Waals surface area contributed by atoms with E-state index < -0.39 is 55.5 Å². The molecule has 0 radical (unpaired) electrons. The van der Waals surface area contributed by atoms with E-state index in [2.05, 4.69) is 4.62 Å². The monoisotopic (exact) mass is 431 g/mol. The zero-order valence-electron chi connectivity index (χ0n) is 13.3. The molecule has 0 amide bonds. The van der Waals surface area contributed by atoms with Crippen LogP contribution in [0.4, 0.5) is 11.4 Å². The van der Waals surface area contributed by atoms with Gasteiger partial charge in [0.05, 0.1) is 28.2 Å². The van der Waals surface area contributed by atoms with Gasteiger partial charge in [0.2, 0.25) is 0 Å². The lowest BCUT2D eigenvalue weighted by atomic mass is 10.2. The molecule has 0 aliphatic rings. The van der Waals surface area contributed by atoms with Crippen LogP contribution >= 0.6 is 15.4 Å². The Bertz CT molecular complexity index is 790. The van der Waals surface area contributed by atoms with Gasteiger partial charge in [0, 0.05) is 12.6 Å². The first kappa shape index (κ1) is 23.1. The lowest BCUT2D eigenvalue weighted by Crippen LogP contribution is -2.28. The van der Waals surface area contributed by atoms with E-state index in [0.29, 0.717) is 6.07 Å². The zero-order valence-corrected chi connectivity index (χ0v) is 15.1. The molecule has 15 nitrogen and oxygen atoms in total. The maximum atomic E-state index is 11.4. The fourth-order valence-electron chi connectivity index (χ4n) is 1.80. The van der Waals surface area contributed by atoms with Crippen molar-refractivity contribution in [2.75, 3.05) is 13.2 Å². The Morgan fingerprint density at radius 2 is 1.74 bits per heavy atom. The first-order valence-electron chi connectivity index (χ1n) is 6.89. The summed E-state index contributed by atoms with van der Waals surface area (Å²) in [4.78, 5) is 55.3. The van der Waals surface area contributed by atoms with Crippen LogP contribution in [0.3, 0.4) is 0 Å². The molecule has 1 atom stereocenters. The van der Waals surface area contributed by atoms with Crippen LogP contribution in [-0.2, 0) is 13.8 Å². The number of nitrogens with one attached hydrogen (secondary N) is 1. The van der Waals surface area contributed by atoms with Crippen LogP contribution in [0.5, 0.6) is 5.75 Å². The average Bonchev–Trinajstić information content (AvgIpc) is 2.51. The van der Waals surface area contributed by atoms with Gasteiger partial charge in [-0.1, -0.05) is 0 Å². The Morgan fingerprint density at radius 3 is 2.22 bits per heavy atom. The highest BCUT2D eigenvalue weighted by Crippen LogP contribution is 2.43. The highest BCUT2D eigenvalue weighted by atomic mass is 31.2. The molecule has 17 heteroatoms. The van der Waals surface area contributed by atoms with E-state index in [1.165, 1.54) is 0 Å². The molecule has 1 rings (SSSR count). The molecule has 1 aromatic carbocycles. The van der Waals surface area contributed by atoms with Gasteiger partial charge in [0.1, 0.15) is 0 Å². The second kappa shape index (κ2) is 9.30. The molecule has 0 saturated heterocycles. The van der Waals surface area contributed by atoms with Crippen LogP contribution in [0.25, 0.3) is 0 Å². The first-order chi connectivity index (χ1) is 12.3. The molecule has 0 aromatic heterocycles. The number of rotatable bonds is 11. The van der Waals surface area contributed by atoms with Crippen molar-refractivity contribution in [2.45, 2.75) is 12.1 Å². The van der Waals surface area contributed by atoms with E-state index in [1.54, 1.807) is 5.48 Å². The molecule has 0 bridgehead atoms. The summed E-state index contributed by atoms with van der Waals surface area (Å²) in [7, 11) is -9.63. The Balaban J connectivity index is 2.77. The fourth-order valence-corrected chi connectivity index (χ4v) is 2.79. The van der Waals surface area contributed by atoms with Gasteiger partial charge in [0.15, 0.2) is 5.75 Å². The van der Waals surface area contributed by atoms with E-state index in [0.717, 1.165) is 12.1 Å². The summed E-state index contributed by atoms with van der Waals surface area (Å²) >= 11 is 0. The topological polar surface area (TPSA) is 232 Å². The molecule has 0 spiro atoms. The van der Waals surface area contributed by atoms with Crippen molar-refractivity contribution in [1.29, 1.82) is 0 Å². The third kappa shape index (κ3) is 8.07. The van der Waals surface area contributed by atoms with Crippen LogP contribution in [0.15, 0.2) is 18.2 Å². The van der Waals surface area contributed by atoms with Crippen molar-refractivity contribution in [3.8, 4) is 5.75 Å². The summed E-state index contributed by atoms with van der Waals surface area (Å²) in [6.07, 6.45) is -0.379. The lowest BCUT2D eigenvalue weighted by Gasteiger charge is -2.19. The molecule has 0 fully saturated rings. The van der Waals surface area contributed by atoms with Crippen LogP contribution in [0, 0.1) is 20.2 Å². The van der Waals surface area contributed by atoms with Gasteiger partial charge in [-0.05, 0) is 12.5 Å². The van der Waals surface area contributed by atoms with Gasteiger partial charge in [0.25, 0.3) is 5.69 Å². The molecule has 0 saturated carbocycles. The summed E-state index contributed by atoms with van der Waals surface area (Å²) in [6.45, 7) is -1.09. The van der Waals surface area contributed by atoms with Gasteiger partial charge in [-0.25, -0.2) is 4.57 Å². The molecule has 0 heterocycles. The number of nitro benzene ring substituents is 2. The van der Waals surface area contributed by atoms with Crippen molar-refractivity contribution in [1.82, 2.24) is 5.48 Å².